The second kappa shape index (κ2) is 10.7. The maximum Gasteiger partial charge on any atom is 0.306 e. The van der Waals surface area contributed by atoms with Gasteiger partial charge in [-0.05, 0) is 24.3 Å². The van der Waals surface area contributed by atoms with Crippen molar-refractivity contribution in [3.63, 3.8) is 0 Å². The minimum atomic E-state index is -0.446. The first-order valence-electron chi connectivity index (χ1n) is 9.45. The number of para-hydroxylation sites is 1. The second-order valence-electron chi connectivity index (χ2n) is 6.30. The van der Waals surface area contributed by atoms with Gasteiger partial charge in [0.2, 0.25) is 0 Å². The van der Waals surface area contributed by atoms with Crippen LogP contribution in [-0.4, -0.2) is 31.6 Å². The number of hydrogen-bond donors (Lipinski definition) is 1. The van der Waals surface area contributed by atoms with Gasteiger partial charge in [-0.1, -0.05) is 48.5 Å². The van der Waals surface area contributed by atoms with E-state index in [1.807, 2.05) is 72.8 Å². The Morgan fingerprint density at radius 3 is 2.38 bits per heavy atom. The fourth-order valence-corrected chi connectivity index (χ4v) is 2.64. The van der Waals surface area contributed by atoms with Crippen molar-refractivity contribution < 1.29 is 23.5 Å². The highest BCUT2D eigenvalue weighted by molar-refractivity contribution is 5.80. The molecule has 150 valence electrons. The van der Waals surface area contributed by atoms with Crippen LogP contribution in [0.3, 0.4) is 0 Å². The number of rotatable bonds is 10. The summed E-state index contributed by atoms with van der Waals surface area (Å²) in [7, 11) is 0. The molecule has 1 aromatic heterocycles. The summed E-state index contributed by atoms with van der Waals surface area (Å²) in [6.45, 7) is 0.365. The highest BCUT2D eigenvalue weighted by atomic mass is 16.5. The Bertz CT molecular complexity index is 905. The molecule has 0 aliphatic carbocycles. The molecule has 0 fully saturated rings. The molecule has 0 unspecified atom stereocenters. The molecule has 0 aliphatic rings. The number of aryl methyl sites for hydroxylation is 1. The molecule has 1 amide bonds. The Morgan fingerprint density at radius 1 is 0.897 bits per heavy atom. The monoisotopic (exact) mass is 393 g/mol. The van der Waals surface area contributed by atoms with Crippen molar-refractivity contribution in [1.82, 2.24) is 5.32 Å². The van der Waals surface area contributed by atoms with Crippen LogP contribution in [0.4, 0.5) is 0 Å². The summed E-state index contributed by atoms with van der Waals surface area (Å²) < 4.78 is 16.2. The lowest BCUT2D eigenvalue weighted by Gasteiger charge is -2.08. The maximum atomic E-state index is 11.8. The molecule has 0 saturated heterocycles. The minimum absolute atomic E-state index is 0.145. The molecule has 0 spiro atoms. The normalized spacial score (nSPS) is 10.3. The van der Waals surface area contributed by atoms with E-state index in [1.165, 1.54) is 0 Å². The van der Waals surface area contributed by atoms with E-state index in [-0.39, 0.29) is 18.9 Å². The van der Waals surface area contributed by atoms with Crippen LogP contribution in [0.5, 0.6) is 5.75 Å². The second-order valence-corrected chi connectivity index (χ2v) is 6.30. The summed E-state index contributed by atoms with van der Waals surface area (Å²) in [5.41, 5.74) is 0.981. The average molecular weight is 393 g/mol. The van der Waals surface area contributed by atoms with Gasteiger partial charge in [0.25, 0.3) is 5.91 Å². The van der Waals surface area contributed by atoms with Crippen molar-refractivity contribution in [2.24, 2.45) is 0 Å². The lowest BCUT2D eigenvalue weighted by atomic mass is 10.2. The number of benzene rings is 2. The van der Waals surface area contributed by atoms with E-state index in [0.717, 1.165) is 17.1 Å². The summed E-state index contributed by atoms with van der Waals surface area (Å²) in [4.78, 5) is 23.6. The van der Waals surface area contributed by atoms with Gasteiger partial charge in [-0.25, -0.2) is 0 Å². The zero-order chi connectivity index (χ0) is 20.3. The maximum absolute atomic E-state index is 11.8. The Morgan fingerprint density at radius 2 is 1.62 bits per heavy atom. The molecule has 0 bridgehead atoms. The molecule has 3 rings (SSSR count). The predicted octanol–water partition coefficient (Wildman–Crippen LogP) is 3.62. The number of esters is 1. The highest BCUT2D eigenvalue weighted by Crippen LogP contribution is 2.22. The Balaban J connectivity index is 1.30. The summed E-state index contributed by atoms with van der Waals surface area (Å²) in [5.74, 6) is 1.38. The smallest absolute Gasteiger partial charge is 0.306 e. The molecule has 6 heteroatoms. The third-order valence-electron chi connectivity index (χ3n) is 4.10. The summed E-state index contributed by atoms with van der Waals surface area (Å²) in [5, 5.41) is 2.64. The van der Waals surface area contributed by atoms with Crippen LogP contribution in [0, 0.1) is 0 Å². The molecular weight excluding hydrogens is 370 g/mol. The van der Waals surface area contributed by atoms with Gasteiger partial charge in [-0.2, -0.15) is 0 Å². The van der Waals surface area contributed by atoms with E-state index in [4.69, 9.17) is 13.9 Å². The number of nitrogens with one attached hydrogen (secondary N) is 1. The van der Waals surface area contributed by atoms with Crippen LogP contribution < -0.4 is 10.1 Å². The van der Waals surface area contributed by atoms with E-state index < -0.39 is 5.97 Å². The average Bonchev–Trinajstić information content (AvgIpc) is 3.24. The van der Waals surface area contributed by atoms with Crippen LogP contribution in [0.15, 0.2) is 77.2 Å². The molecule has 3 aromatic rings. The Hall–Kier alpha value is -3.54. The highest BCUT2D eigenvalue weighted by Gasteiger charge is 2.10. The first-order chi connectivity index (χ1) is 14.2. The first kappa shape index (κ1) is 20.2. The van der Waals surface area contributed by atoms with Gasteiger partial charge in [-0.3, -0.25) is 9.59 Å². The van der Waals surface area contributed by atoms with Gasteiger partial charge in [0.15, 0.2) is 6.61 Å². The fraction of sp³-hybridized carbons (Fsp3) is 0.217. The molecule has 0 aliphatic heterocycles. The van der Waals surface area contributed by atoms with E-state index in [9.17, 15) is 9.59 Å². The molecular formula is C23H23NO5. The third-order valence-corrected chi connectivity index (χ3v) is 4.10. The largest absolute Gasteiger partial charge is 0.492 e. The van der Waals surface area contributed by atoms with Crippen molar-refractivity contribution in [2.45, 2.75) is 12.8 Å². The predicted molar refractivity (Wildman–Crippen MR) is 108 cm³/mol. The number of amides is 1. The van der Waals surface area contributed by atoms with Gasteiger partial charge < -0.3 is 19.2 Å². The number of hydrogen-bond acceptors (Lipinski definition) is 5. The number of carbonyl (C=O) groups is 2. The molecule has 0 saturated carbocycles. The molecule has 6 nitrogen and oxygen atoms in total. The Labute approximate surface area is 169 Å². The van der Waals surface area contributed by atoms with Crippen LogP contribution in [0.1, 0.15) is 12.2 Å². The van der Waals surface area contributed by atoms with E-state index >= 15 is 0 Å². The van der Waals surface area contributed by atoms with Crippen molar-refractivity contribution in [1.29, 1.82) is 0 Å². The lowest BCUT2D eigenvalue weighted by Crippen LogP contribution is -2.32. The van der Waals surface area contributed by atoms with E-state index in [1.54, 1.807) is 0 Å². The Kier molecular flexibility index (Phi) is 7.46. The van der Waals surface area contributed by atoms with Gasteiger partial charge >= 0.3 is 5.97 Å². The molecule has 1 N–H and O–H groups in total. The number of furan rings is 1. The quantitative estimate of drug-likeness (QED) is 0.420. The van der Waals surface area contributed by atoms with E-state index in [2.05, 4.69) is 5.32 Å². The summed E-state index contributed by atoms with van der Waals surface area (Å²) in [6, 6.07) is 22.8. The lowest BCUT2D eigenvalue weighted by molar-refractivity contribution is -0.148. The zero-order valence-electron chi connectivity index (χ0n) is 16.0. The number of carbonyl (C=O) groups excluding carboxylic acids is 2. The third kappa shape index (κ3) is 6.84. The van der Waals surface area contributed by atoms with Gasteiger partial charge in [-0.15, -0.1) is 0 Å². The molecule has 0 atom stereocenters. The van der Waals surface area contributed by atoms with Crippen LogP contribution in [-0.2, 0) is 20.7 Å². The minimum Gasteiger partial charge on any atom is -0.492 e. The first-order valence-corrected chi connectivity index (χ1v) is 9.45. The molecule has 2 aromatic carbocycles. The topological polar surface area (TPSA) is 77.8 Å². The summed E-state index contributed by atoms with van der Waals surface area (Å²) in [6.07, 6.45) is 0.560. The van der Waals surface area contributed by atoms with Crippen molar-refractivity contribution >= 4 is 11.9 Å². The van der Waals surface area contributed by atoms with Crippen LogP contribution >= 0.6 is 0 Å². The number of ether oxygens (including phenoxy) is 2. The summed E-state index contributed by atoms with van der Waals surface area (Å²) >= 11 is 0. The SMILES string of the molecule is O=C(COC(=O)CCc1ccc(-c2ccccc2)o1)NCCOc1ccccc1. The van der Waals surface area contributed by atoms with Gasteiger partial charge in [0, 0.05) is 12.0 Å². The standard InChI is InChI=1S/C23H23NO5/c25-22(24-15-16-27-19-9-5-2-6-10-19)17-28-23(26)14-12-20-11-13-21(29-20)18-7-3-1-4-8-18/h1-11,13H,12,14-17H2,(H,24,25). The molecule has 0 radical (unpaired) electrons. The molecule has 1 heterocycles. The van der Waals surface area contributed by atoms with Crippen molar-refractivity contribution in [3.05, 3.63) is 78.6 Å². The van der Waals surface area contributed by atoms with Crippen molar-refractivity contribution in [2.75, 3.05) is 19.8 Å². The van der Waals surface area contributed by atoms with Gasteiger partial charge in [0.05, 0.1) is 13.0 Å². The van der Waals surface area contributed by atoms with Crippen LogP contribution in [0.25, 0.3) is 11.3 Å². The zero-order valence-corrected chi connectivity index (χ0v) is 16.0. The van der Waals surface area contributed by atoms with E-state index in [0.29, 0.717) is 25.3 Å². The molecule has 29 heavy (non-hydrogen) atoms. The van der Waals surface area contributed by atoms with Crippen molar-refractivity contribution in [3.8, 4) is 17.1 Å². The van der Waals surface area contributed by atoms with Gasteiger partial charge in [0.1, 0.15) is 23.9 Å². The van der Waals surface area contributed by atoms with Crippen LogP contribution in [0.2, 0.25) is 0 Å². The fourth-order valence-electron chi connectivity index (χ4n) is 2.64.